The monoisotopic (exact) mass is 460 g/mol. The molecule has 2 fully saturated rings. The van der Waals surface area contributed by atoms with Gasteiger partial charge in [-0.05, 0) is 61.3 Å². The number of aromatic nitrogens is 2. The Bertz CT molecular complexity index is 1240. The molecule has 178 valence electrons. The Kier molecular flexibility index (Phi) is 5.88. The number of carbonyl (C=O) groups excluding carboxylic acids is 2. The zero-order chi connectivity index (χ0) is 23.9. The average Bonchev–Trinajstić information content (AvgIpc) is 3.56. The number of rotatable bonds is 6. The van der Waals surface area contributed by atoms with E-state index in [2.05, 4.69) is 36.2 Å². The minimum atomic E-state index is -0.196. The summed E-state index contributed by atoms with van der Waals surface area (Å²) in [4.78, 5) is 32.3. The first kappa shape index (κ1) is 22.6. The molecular formula is C27H32N4O3. The molecule has 0 atom stereocenters. The van der Waals surface area contributed by atoms with Crippen LogP contribution in [0.15, 0.2) is 34.9 Å². The summed E-state index contributed by atoms with van der Waals surface area (Å²) in [7, 11) is 0. The molecule has 2 aliphatic rings. The van der Waals surface area contributed by atoms with Crippen molar-refractivity contribution in [2.75, 3.05) is 11.9 Å². The molecule has 3 aromatic rings. The number of amides is 2. The van der Waals surface area contributed by atoms with Crippen molar-refractivity contribution < 1.29 is 14.1 Å². The molecule has 1 saturated heterocycles. The highest BCUT2D eigenvalue weighted by Gasteiger charge is 2.30. The second kappa shape index (κ2) is 8.85. The molecule has 1 saturated carbocycles. The molecule has 0 unspecified atom stereocenters. The van der Waals surface area contributed by atoms with Crippen LogP contribution in [0.25, 0.3) is 11.1 Å². The third kappa shape index (κ3) is 4.98. The molecule has 7 heteroatoms. The number of anilines is 1. The lowest BCUT2D eigenvalue weighted by atomic mass is 9.89. The maximum Gasteiger partial charge on any atom is 0.259 e. The zero-order valence-electron chi connectivity index (χ0n) is 20.2. The Labute approximate surface area is 199 Å². The van der Waals surface area contributed by atoms with Crippen LogP contribution in [0.4, 0.5) is 5.69 Å². The Morgan fingerprint density at radius 1 is 1.21 bits per heavy atom. The molecule has 3 heterocycles. The molecule has 2 amide bonds. The molecule has 5 rings (SSSR count). The van der Waals surface area contributed by atoms with Crippen molar-refractivity contribution in [3.05, 3.63) is 52.8 Å². The predicted octanol–water partition coefficient (Wildman–Crippen LogP) is 5.45. The highest BCUT2D eigenvalue weighted by molar-refractivity contribution is 6.12. The van der Waals surface area contributed by atoms with Crippen LogP contribution in [0.2, 0.25) is 0 Å². The van der Waals surface area contributed by atoms with Gasteiger partial charge in [0.05, 0.1) is 16.6 Å². The number of nitrogens with one attached hydrogen (secondary N) is 1. The van der Waals surface area contributed by atoms with Crippen molar-refractivity contribution in [1.29, 1.82) is 0 Å². The molecule has 34 heavy (non-hydrogen) atoms. The van der Waals surface area contributed by atoms with Crippen LogP contribution in [0.5, 0.6) is 0 Å². The van der Waals surface area contributed by atoms with Crippen LogP contribution >= 0.6 is 0 Å². The highest BCUT2D eigenvalue weighted by Crippen LogP contribution is 2.41. The molecule has 0 bridgehead atoms. The van der Waals surface area contributed by atoms with Crippen molar-refractivity contribution in [3.8, 4) is 0 Å². The largest absolute Gasteiger partial charge is 0.338 e. The van der Waals surface area contributed by atoms with Gasteiger partial charge in [-0.3, -0.25) is 9.59 Å². The average molecular weight is 461 g/mol. The first-order valence-electron chi connectivity index (χ1n) is 12.2. The van der Waals surface area contributed by atoms with Crippen LogP contribution in [-0.4, -0.2) is 33.4 Å². The third-order valence-corrected chi connectivity index (χ3v) is 6.45. The van der Waals surface area contributed by atoms with Crippen LogP contribution in [0.3, 0.4) is 0 Å². The van der Waals surface area contributed by atoms with Crippen LogP contribution in [0, 0.1) is 5.41 Å². The van der Waals surface area contributed by atoms with Gasteiger partial charge in [-0.2, -0.15) is 0 Å². The van der Waals surface area contributed by atoms with Gasteiger partial charge in [0, 0.05) is 36.8 Å². The topological polar surface area (TPSA) is 88.3 Å². The molecular weight excluding hydrogens is 428 g/mol. The van der Waals surface area contributed by atoms with E-state index in [1.807, 2.05) is 35.2 Å². The molecule has 7 nitrogen and oxygen atoms in total. The van der Waals surface area contributed by atoms with Crippen LogP contribution in [-0.2, 0) is 17.8 Å². The summed E-state index contributed by atoms with van der Waals surface area (Å²) in [5, 5.41) is 8.05. The SMILES string of the molecule is CC(C)(C)Cc1noc2nc(C3CC3)cc(C(=O)Nc3cccc(CN4CCCCC4=O)c3)c12. The second-order valence-electron chi connectivity index (χ2n) is 10.8. The fourth-order valence-electron chi connectivity index (χ4n) is 4.62. The summed E-state index contributed by atoms with van der Waals surface area (Å²) in [6.45, 7) is 7.77. The number of pyridine rings is 1. The maximum atomic E-state index is 13.5. The normalized spacial score (nSPS) is 16.8. The summed E-state index contributed by atoms with van der Waals surface area (Å²) in [5.74, 6) is 0.391. The molecule has 1 aromatic carbocycles. The number of fused-ring (bicyclic) bond motifs is 1. The fraction of sp³-hybridized carbons (Fsp3) is 0.481. The van der Waals surface area contributed by atoms with E-state index >= 15 is 0 Å². The maximum absolute atomic E-state index is 13.5. The van der Waals surface area contributed by atoms with E-state index in [0.717, 1.165) is 49.2 Å². The van der Waals surface area contributed by atoms with E-state index in [1.165, 1.54) is 0 Å². The molecule has 1 aliphatic heterocycles. The number of piperidine rings is 1. The second-order valence-corrected chi connectivity index (χ2v) is 10.8. The van der Waals surface area contributed by atoms with Gasteiger partial charge < -0.3 is 14.7 Å². The summed E-state index contributed by atoms with van der Waals surface area (Å²) in [6, 6.07) is 9.65. The number of benzene rings is 1. The number of likely N-dealkylation sites (tertiary alicyclic amines) is 1. The lowest BCUT2D eigenvalue weighted by molar-refractivity contribution is -0.133. The van der Waals surface area contributed by atoms with E-state index < -0.39 is 0 Å². The number of hydrogen-bond acceptors (Lipinski definition) is 5. The summed E-state index contributed by atoms with van der Waals surface area (Å²) in [6.07, 6.45) is 5.48. The zero-order valence-corrected chi connectivity index (χ0v) is 20.2. The van der Waals surface area contributed by atoms with Crippen molar-refractivity contribution in [3.63, 3.8) is 0 Å². The van der Waals surface area contributed by atoms with Gasteiger partial charge in [-0.15, -0.1) is 0 Å². The Hall–Kier alpha value is -3.22. The number of hydrogen-bond donors (Lipinski definition) is 1. The number of nitrogens with zero attached hydrogens (tertiary/aromatic N) is 3. The van der Waals surface area contributed by atoms with Crippen LogP contribution < -0.4 is 5.32 Å². The summed E-state index contributed by atoms with van der Waals surface area (Å²) < 4.78 is 5.59. The van der Waals surface area contributed by atoms with E-state index in [1.54, 1.807) is 0 Å². The Morgan fingerprint density at radius 2 is 2.03 bits per heavy atom. The van der Waals surface area contributed by atoms with Gasteiger partial charge in [0.2, 0.25) is 5.91 Å². The molecule has 2 aromatic heterocycles. The highest BCUT2D eigenvalue weighted by atomic mass is 16.5. The van der Waals surface area contributed by atoms with Crippen molar-refractivity contribution in [2.45, 2.75) is 71.8 Å². The fourth-order valence-corrected chi connectivity index (χ4v) is 4.62. The van der Waals surface area contributed by atoms with E-state index in [4.69, 9.17) is 4.52 Å². The lowest BCUT2D eigenvalue weighted by Gasteiger charge is -2.26. The van der Waals surface area contributed by atoms with E-state index in [9.17, 15) is 9.59 Å². The van der Waals surface area contributed by atoms with E-state index in [-0.39, 0.29) is 17.2 Å². The summed E-state index contributed by atoms with van der Waals surface area (Å²) in [5.41, 5.74) is 4.36. The van der Waals surface area contributed by atoms with Gasteiger partial charge in [-0.25, -0.2) is 4.98 Å². The smallest absolute Gasteiger partial charge is 0.259 e. The predicted molar refractivity (Wildman–Crippen MR) is 131 cm³/mol. The van der Waals surface area contributed by atoms with Gasteiger partial charge >= 0.3 is 0 Å². The lowest BCUT2D eigenvalue weighted by Crippen LogP contribution is -2.34. The Morgan fingerprint density at radius 3 is 2.76 bits per heavy atom. The van der Waals surface area contributed by atoms with Crippen molar-refractivity contribution >= 4 is 28.6 Å². The first-order chi connectivity index (χ1) is 16.3. The molecule has 0 radical (unpaired) electrons. The Balaban J connectivity index is 1.43. The molecule has 0 spiro atoms. The molecule has 1 N–H and O–H groups in total. The van der Waals surface area contributed by atoms with Crippen LogP contribution in [0.1, 0.15) is 86.1 Å². The summed E-state index contributed by atoms with van der Waals surface area (Å²) >= 11 is 0. The van der Waals surface area contributed by atoms with Gasteiger partial charge in [0.1, 0.15) is 0 Å². The quantitative estimate of drug-likeness (QED) is 0.528. The molecule has 1 aliphatic carbocycles. The number of carbonyl (C=O) groups is 2. The standard InChI is InChI=1S/C27H32N4O3/c1-27(2,3)15-22-24-20(14-21(18-10-11-18)29-26(24)34-30-22)25(33)28-19-8-6-7-17(13-19)16-31-12-5-4-9-23(31)32/h6-8,13-14,18H,4-5,9-12,15-16H2,1-3H3,(H,28,33). The van der Waals surface area contributed by atoms with Gasteiger partial charge in [0.25, 0.3) is 11.6 Å². The first-order valence-corrected chi connectivity index (χ1v) is 12.2. The van der Waals surface area contributed by atoms with Crippen molar-refractivity contribution in [1.82, 2.24) is 15.0 Å². The van der Waals surface area contributed by atoms with E-state index in [0.29, 0.717) is 47.7 Å². The third-order valence-electron chi connectivity index (χ3n) is 6.45. The minimum Gasteiger partial charge on any atom is -0.338 e. The van der Waals surface area contributed by atoms with Gasteiger partial charge in [-0.1, -0.05) is 38.1 Å². The minimum absolute atomic E-state index is 0.00701. The van der Waals surface area contributed by atoms with Crippen molar-refractivity contribution in [2.24, 2.45) is 5.41 Å². The van der Waals surface area contributed by atoms with Gasteiger partial charge in [0.15, 0.2) is 0 Å².